The zero-order chi connectivity index (χ0) is 18.2. The molecule has 0 unspecified atom stereocenters. The minimum atomic E-state index is -6.56. The van der Waals surface area contributed by atoms with Crippen molar-refractivity contribution in [3.05, 3.63) is 11.3 Å². The first-order valence-electron chi connectivity index (χ1n) is 5.48. The lowest BCUT2D eigenvalue weighted by molar-refractivity contribution is -0.360. The van der Waals surface area contributed by atoms with E-state index in [0.717, 1.165) is 11.0 Å². The molecule has 1 N–H and O–H groups in total. The fourth-order valence-corrected chi connectivity index (χ4v) is 1.98. The van der Waals surface area contributed by atoms with Gasteiger partial charge < -0.3 is 4.90 Å². The van der Waals surface area contributed by atoms with E-state index in [9.17, 15) is 35.5 Å². The molecule has 0 aliphatic heterocycles. The van der Waals surface area contributed by atoms with Crippen LogP contribution in [0.1, 0.15) is 11.3 Å². The number of hydrogen-bond acceptors (Lipinski definition) is 4. The molecule has 0 fully saturated rings. The highest BCUT2D eigenvalue weighted by Crippen LogP contribution is 2.53. The summed E-state index contributed by atoms with van der Waals surface area (Å²) in [6, 6.07) is 0.138. The van der Waals surface area contributed by atoms with E-state index in [-0.39, 0.29) is 11.5 Å². The van der Waals surface area contributed by atoms with Crippen LogP contribution in [0.4, 0.5) is 40.5 Å². The van der Waals surface area contributed by atoms with E-state index in [2.05, 4.69) is 4.37 Å². The van der Waals surface area contributed by atoms with E-state index < -0.39 is 40.3 Å². The Morgan fingerprint density at radius 1 is 1.22 bits per heavy atom. The van der Waals surface area contributed by atoms with E-state index in [4.69, 9.17) is 5.26 Å². The lowest BCUT2D eigenvalue weighted by Gasteiger charge is -2.27. The molecule has 1 heterocycles. The van der Waals surface area contributed by atoms with Crippen LogP contribution < -0.4 is 5.32 Å². The van der Waals surface area contributed by atoms with Crippen molar-refractivity contribution in [3.8, 4) is 6.07 Å². The number of rotatable bonds is 3. The molecule has 0 aliphatic carbocycles. The van der Waals surface area contributed by atoms with E-state index in [1.807, 2.05) is 5.32 Å². The maximum Gasteiger partial charge on any atom is 0.460 e. The third kappa shape index (κ3) is 3.16. The van der Waals surface area contributed by atoms with Crippen molar-refractivity contribution in [1.82, 2.24) is 9.27 Å². The number of carbonyl (C=O) groups excluding carboxylic acids is 1. The maximum absolute atomic E-state index is 13.6. The van der Waals surface area contributed by atoms with Gasteiger partial charge in [-0.2, -0.15) is 40.4 Å². The van der Waals surface area contributed by atoms with E-state index in [0.29, 0.717) is 0 Å². The zero-order valence-corrected chi connectivity index (χ0v) is 12.1. The minimum Gasteiger partial charge on any atom is -0.331 e. The highest BCUT2D eigenvalue weighted by Gasteiger charge is 2.75. The molecule has 13 heteroatoms. The number of anilines is 1. The summed E-state index contributed by atoms with van der Waals surface area (Å²) in [5.41, 5.74) is -3.32. The standard InChI is InChI=1S/C10H7F7N4OS/c1-21(2)7(22)19-6-4(3-18)5(20-23-6)8(11,12)9(13,14)10(15,16)17/h1-2H3,(H,19,22). The van der Waals surface area contributed by atoms with Crippen LogP contribution in [-0.2, 0) is 5.92 Å². The SMILES string of the molecule is CN(C)C(=O)Nc1snc(C(F)(F)C(F)(F)C(F)(F)F)c1C#N. The lowest BCUT2D eigenvalue weighted by atomic mass is 10.0. The van der Waals surface area contributed by atoms with Gasteiger partial charge >= 0.3 is 24.1 Å². The highest BCUT2D eigenvalue weighted by atomic mass is 32.1. The first-order valence-corrected chi connectivity index (χ1v) is 6.25. The number of nitrogens with one attached hydrogen (secondary N) is 1. The lowest BCUT2D eigenvalue weighted by Crippen LogP contribution is -2.50. The van der Waals surface area contributed by atoms with Gasteiger partial charge in [0.05, 0.1) is 0 Å². The van der Waals surface area contributed by atoms with Crippen LogP contribution in [0, 0.1) is 11.3 Å². The van der Waals surface area contributed by atoms with Gasteiger partial charge in [-0.1, -0.05) is 0 Å². The van der Waals surface area contributed by atoms with Gasteiger partial charge in [0.1, 0.15) is 22.3 Å². The Bertz CT molecular complexity index is 647. The average molecular weight is 364 g/mol. The topological polar surface area (TPSA) is 69.0 Å². The number of carbonyl (C=O) groups is 1. The fraction of sp³-hybridized carbons (Fsp3) is 0.500. The Labute approximate surface area is 128 Å². The molecule has 1 aromatic heterocycles. The molecule has 0 aliphatic rings. The molecule has 0 aromatic carbocycles. The van der Waals surface area contributed by atoms with Crippen molar-refractivity contribution in [2.45, 2.75) is 18.0 Å². The second-order valence-electron chi connectivity index (χ2n) is 4.32. The van der Waals surface area contributed by atoms with E-state index in [1.54, 1.807) is 0 Å². The van der Waals surface area contributed by atoms with Crippen LogP contribution >= 0.6 is 11.5 Å². The normalized spacial score (nSPS) is 12.7. The second kappa shape index (κ2) is 5.84. The summed E-state index contributed by atoms with van der Waals surface area (Å²) in [4.78, 5) is 12.3. The molecule has 5 nitrogen and oxygen atoms in total. The van der Waals surface area contributed by atoms with Gasteiger partial charge in [0.15, 0.2) is 0 Å². The molecule has 0 spiro atoms. The molecule has 2 amide bonds. The summed E-state index contributed by atoms with van der Waals surface area (Å²) in [5, 5.41) is 10.0. The number of nitrogens with zero attached hydrogens (tertiary/aromatic N) is 3. The Morgan fingerprint density at radius 3 is 2.13 bits per heavy atom. The number of urea groups is 1. The Kier molecular flexibility index (Phi) is 4.81. The summed E-state index contributed by atoms with van der Waals surface area (Å²) in [6.07, 6.45) is -6.56. The summed E-state index contributed by atoms with van der Waals surface area (Å²) >= 11 is -0.0117. The minimum absolute atomic E-state index is 0.0117. The molecule has 1 rings (SSSR count). The van der Waals surface area contributed by atoms with Crippen LogP contribution in [-0.4, -0.2) is 41.5 Å². The smallest absolute Gasteiger partial charge is 0.331 e. The molecule has 0 bridgehead atoms. The third-order valence-corrected chi connectivity index (χ3v) is 3.24. The van der Waals surface area contributed by atoms with Crippen LogP contribution in [0.2, 0.25) is 0 Å². The van der Waals surface area contributed by atoms with Crippen molar-refractivity contribution >= 4 is 22.6 Å². The number of hydrogen-bond donors (Lipinski definition) is 1. The van der Waals surface area contributed by atoms with E-state index >= 15 is 0 Å². The van der Waals surface area contributed by atoms with Crippen LogP contribution in [0.5, 0.6) is 0 Å². The number of aromatic nitrogens is 1. The molecular weight excluding hydrogens is 357 g/mol. The van der Waals surface area contributed by atoms with Crippen LogP contribution in [0.25, 0.3) is 0 Å². The quantitative estimate of drug-likeness (QED) is 0.836. The summed E-state index contributed by atoms with van der Waals surface area (Å²) in [7, 11) is 2.49. The summed E-state index contributed by atoms with van der Waals surface area (Å²) in [6.45, 7) is 0. The number of halogens is 7. The van der Waals surface area contributed by atoms with E-state index in [1.165, 1.54) is 14.1 Å². The second-order valence-corrected chi connectivity index (χ2v) is 5.09. The van der Waals surface area contributed by atoms with Gasteiger partial charge in [-0.05, 0) is 11.5 Å². The van der Waals surface area contributed by atoms with Crippen molar-refractivity contribution in [2.24, 2.45) is 0 Å². The molecule has 128 valence electrons. The number of nitriles is 1. The Hall–Kier alpha value is -2.10. The molecule has 0 saturated heterocycles. The van der Waals surface area contributed by atoms with Crippen molar-refractivity contribution in [2.75, 3.05) is 19.4 Å². The van der Waals surface area contributed by atoms with Crippen LogP contribution in [0.3, 0.4) is 0 Å². The fourth-order valence-electron chi connectivity index (χ4n) is 1.23. The first kappa shape index (κ1) is 18.9. The Morgan fingerprint density at radius 2 is 1.74 bits per heavy atom. The molecule has 0 atom stereocenters. The highest BCUT2D eigenvalue weighted by molar-refractivity contribution is 7.10. The van der Waals surface area contributed by atoms with Crippen LogP contribution in [0.15, 0.2) is 0 Å². The summed E-state index contributed by atoms with van der Waals surface area (Å²) in [5.74, 6) is -12.2. The molecule has 23 heavy (non-hydrogen) atoms. The van der Waals surface area contributed by atoms with Crippen molar-refractivity contribution < 1.29 is 35.5 Å². The Balaban J connectivity index is 3.38. The van der Waals surface area contributed by atoms with Gasteiger partial charge in [-0.3, -0.25) is 5.32 Å². The average Bonchev–Trinajstić information content (AvgIpc) is 2.80. The monoisotopic (exact) mass is 364 g/mol. The zero-order valence-electron chi connectivity index (χ0n) is 11.3. The molecule has 1 aromatic rings. The predicted octanol–water partition coefficient (Wildman–Crippen LogP) is 3.40. The maximum atomic E-state index is 13.6. The van der Waals surface area contributed by atoms with Gasteiger partial charge in [-0.25, -0.2) is 4.79 Å². The van der Waals surface area contributed by atoms with Gasteiger partial charge in [0, 0.05) is 14.1 Å². The first-order chi connectivity index (χ1) is 10.3. The summed E-state index contributed by atoms with van der Waals surface area (Å²) < 4.78 is 92.4. The largest absolute Gasteiger partial charge is 0.460 e. The van der Waals surface area contributed by atoms with Gasteiger partial charge in [0.2, 0.25) is 0 Å². The third-order valence-electron chi connectivity index (χ3n) is 2.48. The van der Waals surface area contributed by atoms with Crippen molar-refractivity contribution in [1.29, 1.82) is 5.26 Å². The molecular formula is C10H7F7N4OS. The molecule has 0 saturated carbocycles. The number of alkyl halides is 7. The van der Waals surface area contributed by atoms with Gasteiger partial charge in [-0.15, -0.1) is 0 Å². The predicted molar refractivity (Wildman–Crippen MR) is 64.4 cm³/mol. The van der Waals surface area contributed by atoms with Gasteiger partial charge in [0.25, 0.3) is 0 Å². The van der Waals surface area contributed by atoms with Crippen molar-refractivity contribution in [3.63, 3.8) is 0 Å². The number of amides is 2. The molecule has 0 radical (unpaired) electrons.